The van der Waals surface area contributed by atoms with Gasteiger partial charge in [0.2, 0.25) is 0 Å². The summed E-state index contributed by atoms with van der Waals surface area (Å²) in [5.41, 5.74) is 18.7. The maximum Gasteiger partial charge on any atom is 0.418 e. The summed E-state index contributed by atoms with van der Waals surface area (Å²) in [6, 6.07) is 67.4. The van der Waals surface area contributed by atoms with Crippen molar-refractivity contribution in [2.45, 2.75) is 111 Å². The van der Waals surface area contributed by atoms with Crippen molar-refractivity contribution in [3.05, 3.63) is 222 Å². The first-order valence-electron chi connectivity index (χ1n) is 26.3. The van der Waals surface area contributed by atoms with Crippen molar-refractivity contribution in [1.29, 1.82) is 0 Å². The molecule has 0 aliphatic rings. The molecule has 1 aromatic heterocycles. The summed E-state index contributed by atoms with van der Waals surface area (Å²) in [5, 5.41) is 1.73. The highest BCUT2D eigenvalue weighted by Gasteiger charge is 2.34. The van der Waals surface area contributed by atoms with E-state index in [1.165, 1.54) is 34.4 Å². The molecule has 0 fully saturated rings. The third-order valence-electron chi connectivity index (χ3n) is 15.1. The van der Waals surface area contributed by atoms with Gasteiger partial charge in [0.15, 0.2) is 0 Å². The number of benzene rings is 9. The molecule has 0 aliphatic heterocycles. The van der Waals surface area contributed by atoms with Crippen molar-refractivity contribution < 1.29 is 13.2 Å². The van der Waals surface area contributed by atoms with Gasteiger partial charge in [-0.15, -0.1) is 0 Å². The molecule has 378 valence electrons. The summed E-state index contributed by atoms with van der Waals surface area (Å²) < 4.78 is 46.9. The molecule has 0 unspecified atom stereocenters. The summed E-state index contributed by atoms with van der Waals surface area (Å²) in [4.78, 5) is 0. The first-order valence-corrected chi connectivity index (χ1v) is 26.3. The van der Waals surface area contributed by atoms with Crippen LogP contribution in [0.4, 0.5) is 13.2 Å². The van der Waals surface area contributed by atoms with Gasteiger partial charge in [0, 0.05) is 10.8 Å². The Hall–Kier alpha value is -7.43. The fourth-order valence-electron chi connectivity index (χ4n) is 10.5. The van der Waals surface area contributed by atoms with Gasteiger partial charge in [-0.2, -0.15) is 13.2 Å². The van der Waals surface area contributed by atoms with Crippen LogP contribution in [0.3, 0.4) is 0 Å². The van der Waals surface area contributed by atoms with E-state index < -0.39 is 11.7 Å². The van der Waals surface area contributed by atoms with Crippen LogP contribution in [0.1, 0.15) is 111 Å². The van der Waals surface area contributed by atoms with Gasteiger partial charge in [0.25, 0.3) is 0 Å². The molecule has 0 aliphatic carbocycles. The molecule has 0 N–H and O–H groups in total. The fraction of sp³-hybridized carbons (Fsp3) is 0.239. The Morgan fingerprint density at radius 2 is 0.520 bits per heavy atom. The van der Waals surface area contributed by atoms with E-state index in [4.69, 9.17) is 0 Å². The smallest absolute Gasteiger partial charge is 0.309 e. The summed E-state index contributed by atoms with van der Waals surface area (Å²) in [6.07, 6.45) is -4.57. The highest BCUT2D eigenvalue weighted by atomic mass is 19.4. The van der Waals surface area contributed by atoms with Crippen LogP contribution in [-0.2, 0) is 27.8 Å². The number of fused-ring (bicyclic) bond motifs is 3. The Kier molecular flexibility index (Phi) is 12.8. The van der Waals surface area contributed by atoms with Crippen LogP contribution in [0, 0.1) is 0 Å². The number of rotatable bonds is 7. The van der Waals surface area contributed by atoms with Crippen molar-refractivity contribution in [3.63, 3.8) is 0 Å². The molecular formula is C71H68F3N. The number of aromatic nitrogens is 1. The van der Waals surface area contributed by atoms with Crippen LogP contribution in [0.2, 0.25) is 0 Å². The second kappa shape index (κ2) is 18.7. The predicted molar refractivity (Wildman–Crippen MR) is 313 cm³/mol. The Balaban J connectivity index is 1.19. The van der Waals surface area contributed by atoms with E-state index in [9.17, 15) is 0 Å². The van der Waals surface area contributed by atoms with Gasteiger partial charge in [-0.1, -0.05) is 204 Å². The van der Waals surface area contributed by atoms with Gasteiger partial charge in [-0.3, -0.25) is 0 Å². The monoisotopic (exact) mass is 992 g/mol. The van der Waals surface area contributed by atoms with Gasteiger partial charge in [0.05, 0.1) is 22.3 Å². The van der Waals surface area contributed by atoms with Crippen molar-refractivity contribution in [2.24, 2.45) is 0 Å². The molecule has 0 saturated carbocycles. The summed E-state index contributed by atoms with van der Waals surface area (Å²) in [6.45, 7) is 26.8. The largest absolute Gasteiger partial charge is 0.418 e. The zero-order valence-electron chi connectivity index (χ0n) is 45.6. The van der Waals surface area contributed by atoms with Gasteiger partial charge < -0.3 is 4.57 Å². The van der Waals surface area contributed by atoms with E-state index in [1.807, 2.05) is 12.1 Å². The lowest BCUT2D eigenvalue weighted by Crippen LogP contribution is -2.10. The van der Waals surface area contributed by atoms with Crippen LogP contribution < -0.4 is 0 Å². The lowest BCUT2D eigenvalue weighted by Gasteiger charge is -2.20. The first-order chi connectivity index (χ1) is 35.3. The predicted octanol–water partition coefficient (Wildman–Crippen LogP) is 21.0. The van der Waals surface area contributed by atoms with E-state index in [0.29, 0.717) is 11.0 Å². The Labute approximate surface area is 442 Å². The second-order valence-electron chi connectivity index (χ2n) is 24.7. The fourth-order valence-corrected chi connectivity index (χ4v) is 10.5. The quantitative estimate of drug-likeness (QED) is 0.150. The van der Waals surface area contributed by atoms with Gasteiger partial charge in [-0.05, 0) is 183 Å². The van der Waals surface area contributed by atoms with Gasteiger partial charge in [0.1, 0.15) is 0 Å². The van der Waals surface area contributed by atoms with E-state index in [1.54, 1.807) is 16.7 Å². The van der Waals surface area contributed by atoms with Crippen molar-refractivity contribution in [1.82, 2.24) is 4.57 Å². The van der Waals surface area contributed by atoms with Crippen LogP contribution in [0.25, 0.3) is 94.3 Å². The number of alkyl halides is 3. The number of para-hydroxylation sites is 1. The Morgan fingerprint density at radius 1 is 0.267 bits per heavy atom. The molecule has 9 aromatic carbocycles. The highest BCUT2D eigenvalue weighted by Crippen LogP contribution is 2.44. The molecule has 0 amide bonds. The molecule has 10 aromatic rings. The average Bonchev–Trinajstić information content (AvgIpc) is 3.71. The number of hydrogen-bond donors (Lipinski definition) is 0. The van der Waals surface area contributed by atoms with Crippen LogP contribution in [-0.4, -0.2) is 4.57 Å². The van der Waals surface area contributed by atoms with Gasteiger partial charge in [-0.25, -0.2) is 0 Å². The second-order valence-corrected chi connectivity index (χ2v) is 24.7. The molecule has 10 rings (SSSR count). The molecule has 1 nitrogen and oxygen atoms in total. The number of hydrogen-bond acceptors (Lipinski definition) is 0. The average molecular weight is 992 g/mol. The summed E-state index contributed by atoms with van der Waals surface area (Å²) in [7, 11) is 0. The normalized spacial score (nSPS) is 12.7. The van der Waals surface area contributed by atoms with Crippen LogP contribution in [0.5, 0.6) is 0 Å². The van der Waals surface area contributed by atoms with Crippen LogP contribution >= 0.6 is 0 Å². The molecule has 0 saturated heterocycles. The lowest BCUT2D eigenvalue weighted by atomic mass is 9.85. The van der Waals surface area contributed by atoms with E-state index >= 15 is 13.2 Å². The minimum Gasteiger partial charge on any atom is -0.309 e. The zero-order chi connectivity index (χ0) is 53.4. The van der Waals surface area contributed by atoms with Crippen molar-refractivity contribution in [3.8, 4) is 72.4 Å². The van der Waals surface area contributed by atoms with E-state index in [-0.39, 0.29) is 27.3 Å². The minimum absolute atomic E-state index is 0.0111. The molecule has 0 radical (unpaired) electrons. The molecular weight excluding hydrogens is 924 g/mol. The summed E-state index contributed by atoms with van der Waals surface area (Å²) >= 11 is 0. The van der Waals surface area contributed by atoms with Crippen LogP contribution in [0.15, 0.2) is 194 Å². The maximum atomic E-state index is 15.0. The Morgan fingerprint density at radius 3 is 0.787 bits per heavy atom. The number of nitrogens with zero attached hydrogens (tertiary/aromatic N) is 1. The third-order valence-corrected chi connectivity index (χ3v) is 15.1. The molecule has 4 heteroatoms. The molecule has 75 heavy (non-hydrogen) atoms. The minimum atomic E-state index is -4.57. The molecule has 0 spiro atoms. The van der Waals surface area contributed by atoms with E-state index in [2.05, 4.69) is 241 Å². The highest BCUT2D eigenvalue weighted by molar-refractivity contribution is 6.12. The van der Waals surface area contributed by atoms with Gasteiger partial charge >= 0.3 is 6.18 Å². The van der Waals surface area contributed by atoms with Crippen molar-refractivity contribution in [2.75, 3.05) is 0 Å². The first kappa shape index (κ1) is 51.1. The standard InChI is InChI=1S/C71H68F3N/c1-67(2,3)57-27-17-45(18-28-57)51-37-52(46-19-29-58(30-20-46)68(4,5)6)40-55(39-51)49-25-35-64-61(43-49)62-44-50(26-36-65(62)75(64)66-16-14-13-15-63(66)71(72,73)74)56-41-53(47-21-31-59(32-22-47)69(7,8)9)38-54(42-56)48-23-33-60(34-24-48)70(10,11)12/h13-44H,1-12H3. The third kappa shape index (κ3) is 10.4. The number of halogens is 3. The zero-order valence-corrected chi connectivity index (χ0v) is 45.6. The molecule has 1 heterocycles. The maximum absolute atomic E-state index is 15.0. The topological polar surface area (TPSA) is 4.93 Å². The molecule has 0 bridgehead atoms. The SMILES string of the molecule is CC(C)(C)c1ccc(-c2cc(-c3ccc(C(C)(C)C)cc3)cc(-c3ccc4c(c3)c3cc(-c5cc(-c6ccc(C(C)(C)C)cc6)cc(-c6ccc(C(C)(C)C)cc6)c5)ccc3n4-c3ccccc3C(F)(F)F)c2)cc1. The Bertz CT molecular complexity index is 3350. The van der Waals surface area contributed by atoms with E-state index in [0.717, 1.165) is 77.5 Å². The lowest BCUT2D eigenvalue weighted by molar-refractivity contribution is -0.137. The van der Waals surface area contributed by atoms with Crippen molar-refractivity contribution >= 4 is 21.8 Å². The summed E-state index contributed by atoms with van der Waals surface area (Å²) in [5.74, 6) is 0. The molecule has 0 atom stereocenters.